The van der Waals surface area contributed by atoms with Crippen LogP contribution in [0.1, 0.15) is 36.8 Å². The van der Waals surface area contributed by atoms with Crippen molar-refractivity contribution in [2.24, 2.45) is 29.6 Å². The molecule has 2 aliphatic heterocycles. The second kappa shape index (κ2) is 14.3. The van der Waals surface area contributed by atoms with Gasteiger partial charge < -0.3 is 19.7 Å². The van der Waals surface area contributed by atoms with E-state index in [4.69, 9.17) is 21.1 Å². The minimum Gasteiger partial charge on any atom is -0.502 e. The highest BCUT2D eigenvalue weighted by molar-refractivity contribution is 6.30. The number of carbonyl (C=O) groups excluding carboxylic acids is 4. The third-order valence-electron chi connectivity index (χ3n) is 11.2. The Labute approximate surface area is 314 Å². The summed E-state index contributed by atoms with van der Waals surface area (Å²) in [5.74, 6) is -7.50. The number of allylic oxidation sites excluding steroid dienone is 3. The highest BCUT2D eigenvalue weighted by Gasteiger charge is 2.69. The molecule has 0 spiro atoms. The number of likely N-dealkylation sites (tertiary alicyclic amines) is 1. The van der Waals surface area contributed by atoms with Crippen molar-refractivity contribution in [3.05, 3.63) is 100 Å². The molecule has 3 fully saturated rings. The number of imide groups is 2. The number of amides is 4. The fourth-order valence-corrected chi connectivity index (χ4v) is 8.92. The number of fused-ring (bicyclic) bond motifs is 4. The van der Waals surface area contributed by atoms with E-state index in [9.17, 15) is 33.8 Å². The maximum absolute atomic E-state index is 15.2. The van der Waals surface area contributed by atoms with Crippen LogP contribution in [0.25, 0.3) is 6.08 Å². The molecule has 7 rings (SSSR count). The molecule has 2 aliphatic carbocycles. The zero-order valence-corrected chi connectivity index (χ0v) is 30.1. The molecule has 1 saturated carbocycles. The molecular formula is C40H37ClFN3O9. The quantitative estimate of drug-likeness (QED) is 0.166. The number of ether oxygens (including phenoxy) is 2. The lowest BCUT2D eigenvalue weighted by Gasteiger charge is -2.49. The van der Waals surface area contributed by atoms with Gasteiger partial charge in [-0.05, 0) is 84.8 Å². The smallest absolute Gasteiger partial charge is 0.303 e. The summed E-state index contributed by atoms with van der Waals surface area (Å²) in [6, 6.07) is 15.1. The number of anilines is 1. The maximum atomic E-state index is 15.2. The number of carboxylic acids is 1. The molecule has 6 unspecified atom stereocenters. The Hall–Kier alpha value is -5.69. The zero-order chi connectivity index (χ0) is 38.5. The Balaban J connectivity index is 1.39. The van der Waals surface area contributed by atoms with Crippen LogP contribution in [0, 0.1) is 35.4 Å². The molecule has 12 nitrogen and oxygen atoms in total. The minimum atomic E-state index is -1.57. The first-order valence-electron chi connectivity index (χ1n) is 17.5. The number of carboxylic acid groups (broad SMARTS) is 1. The topological polar surface area (TPSA) is 163 Å². The minimum absolute atomic E-state index is 0.0439. The molecule has 4 aliphatic rings. The number of aromatic hydroxyl groups is 1. The summed E-state index contributed by atoms with van der Waals surface area (Å²) in [7, 11) is 2.79. The molecule has 0 radical (unpaired) electrons. The highest BCUT2D eigenvalue weighted by atomic mass is 35.5. The molecule has 280 valence electrons. The van der Waals surface area contributed by atoms with Crippen LogP contribution in [-0.2, 0) is 29.4 Å². The van der Waals surface area contributed by atoms with Crippen molar-refractivity contribution >= 4 is 53.0 Å². The van der Waals surface area contributed by atoms with Gasteiger partial charge in [0.15, 0.2) is 11.5 Å². The first-order valence-corrected chi connectivity index (χ1v) is 17.8. The number of methoxy groups -OCH3 is 2. The third-order valence-corrected chi connectivity index (χ3v) is 11.4. The van der Waals surface area contributed by atoms with E-state index in [2.05, 4.69) is 5.43 Å². The molecule has 6 atom stereocenters. The van der Waals surface area contributed by atoms with Crippen molar-refractivity contribution in [1.29, 1.82) is 0 Å². The number of hydrazine groups is 1. The number of phenolic OH excluding ortho intramolecular Hbond substituents is 1. The number of hydrogen-bond acceptors (Lipinski definition) is 9. The lowest BCUT2D eigenvalue weighted by molar-refractivity contribution is -0.142. The maximum Gasteiger partial charge on any atom is 0.303 e. The molecule has 0 aromatic heterocycles. The molecule has 2 heterocycles. The second-order valence-electron chi connectivity index (χ2n) is 13.9. The number of carbonyl (C=O) groups is 5. The molecule has 3 N–H and O–H groups in total. The third kappa shape index (κ3) is 5.96. The zero-order valence-electron chi connectivity index (χ0n) is 29.3. The fraction of sp³-hybridized carbons (Fsp3) is 0.325. The molecule has 3 aromatic carbocycles. The Bertz CT molecular complexity index is 2080. The van der Waals surface area contributed by atoms with E-state index in [1.54, 1.807) is 48.6 Å². The highest BCUT2D eigenvalue weighted by Crippen LogP contribution is 2.61. The van der Waals surface area contributed by atoms with Crippen LogP contribution in [-0.4, -0.2) is 70.5 Å². The monoisotopic (exact) mass is 757 g/mol. The molecule has 0 bridgehead atoms. The lowest BCUT2D eigenvalue weighted by Crippen LogP contribution is -2.54. The summed E-state index contributed by atoms with van der Waals surface area (Å²) in [5.41, 5.74) is 3.37. The summed E-state index contributed by atoms with van der Waals surface area (Å²) in [6.07, 6.45) is 5.56. The normalized spacial score (nSPS) is 26.1. The molecule has 14 heteroatoms. The van der Waals surface area contributed by atoms with Crippen molar-refractivity contribution in [1.82, 2.24) is 9.91 Å². The number of hydrogen-bond donors (Lipinski definition) is 3. The summed E-state index contributed by atoms with van der Waals surface area (Å²) in [6.45, 7) is -0.0439. The second-order valence-corrected chi connectivity index (χ2v) is 14.3. The summed E-state index contributed by atoms with van der Waals surface area (Å²) >= 11 is 6.34. The number of aliphatic carboxylic acids is 1. The Kier molecular flexibility index (Phi) is 9.69. The van der Waals surface area contributed by atoms with E-state index in [0.717, 1.165) is 9.91 Å². The van der Waals surface area contributed by atoms with Crippen LogP contribution in [0.2, 0.25) is 5.02 Å². The Morgan fingerprint density at radius 2 is 1.65 bits per heavy atom. The van der Waals surface area contributed by atoms with E-state index < -0.39 is 64.5 Å². The predicted octanol–water partition coefficient (Wildman–Crippen LogP) is 5.60. The molecular weight excluding hydrogens is 721 g/mol. The van der Waals surface area contributed by atoms with Crippen molar-refractivity contribution in [3.63, 3.8) is 0 Å². The summed E-state index contributed by atoms with van der Waals surface area (Å²) in [4.78, 5) is 70.0. The largest absolute Gasteiger partial charge is 0.502 e. The van der Waals surface area contributed by atoms with Gasteiger partial charge in [-0.15, -0.1) is 0 Å². The van der Waals surface area contributed by atoms with Crippen molar-refractivity contribution in [2.75, 3.05) is 26.2 Å². The summed E-state index contributed by atoms with van der Waals surface area (Å²) in [5, 5.41) is 21.1. The SMILES string of the molecule is COc1cc(C=CC2C3=CCC4C(=O)N(CCCC(=O)O)C(=O)C4C3CC3C(=O)N(Nc4ccc(F)cc4)C(=O)C23c2ccc(Cl)cc2)cc(OC)c1O. The number of rotatable bonds is 11. The predicted molar refractivity (Wildman–Crippen MR) is 194 cm³/mol. The average Bonchev–Trinajstić information content (AvgIpc) is 3.53. The van der Waals surface area contributed by atoms with Gasteiger partial charge in [0.05, 0.1) is 43.1 Å². The van der Waals surface area contributed by atoms with Crippen LogP contribution in [0.15, 0.2) is 78.4 Å². The van der Waals surface area contributed by atoms with Gasteiger partial charge in [-0.3, -0.25) is 34.3 Å². The van der Waals surface area contributed by atoms with Gasteiger partial charge in [-0.25, -0.2) is 4.39 Å². The number of halogens is 2. The van der Waals surface area contributed by atoms with E-state index in [1.807, 2.05) is 6.08 Å². The van der Waals surface area contributed by atoms with Gasteiger partial charge in [0, 0.05) is 23.9 Å². The van der Waals surface area contributed by atoms with Crippen molar-refractivity contribution in [3.8, 4) is 17.2 Å². The van der Waals surface area contributed by atoms with Crippen LogP contribution in [0.4, 0.5) is 10.1 Å². The fourth-order valence-electron chi connectivity index (χ4n) is 8.79. The first-order chi connectivity index (χ1) is 25.9. The standard InChI is InChI=1S/C40H37ClFN3O9/c1-53-31-18-21(19-32(54-2)35(31)48)5-16-29-26-14-15-27-34(38(51)44(36(27)49)17-3-4-33(46)47)28(26)20-30-37(50)45(43-25-12-10-24(42)11-13-25)39(52)40(29,30)22-6-8-23(41)9-7-22/h5-14,16,18-19,27-30,34,43,48H,3-4,15,17,20H2,1-2H3,(H,46,47). The van der Waals surface area contributed by atoms with Gasteiger partial charge in [0.25, 0.3) is 11.8 Å². The number of nitrogens with one attached hydrogen (secondary N) is 1. The Morgan fingerprint density at radius 3 is 2.28 bits per heavy atom. The van der Waals surface area contributed by atoms with E-state index in [-0.39, 0.29) is 55.4 Å². The Morgan fingerprint density at radius 1 is 0.981 bits per heavy atom. The molecule has 54 heavy (non-hydrogen) atoms. The molecule has 4 amide bonds. The van der Waals surface area contributed by atoms with Crippen molar-refractivity contribution in [2.45, 2.75) is 31.1 Å². The molecule has 2 saturated heterocycles. The number of phenols is 1. The van der Waals surface area contributed by atoms with E-state index in [0.29, 0.717) is 27.4 Å². The van der Waals surface area contributed by atoms with Gasteiger partial charge in [0.2, 0.25) is 17.6 Å². The summed E-state index contributed by atoms with van der Waals surface area (Å²) < 4.78 is 24.6. The first kappa shape index (κ1) is 36.7. The average molecular weight is 758 g/mol. The van der Waals surface area contributed by atoms with Gasteiger partial charge in [-0.1, -0.05) is 47.5 Å². The van der Waals surface area contributed by atoms with E-state index >= 15 is 4.79 Å². The van der Waals surface area contributed by atoms with Crippen molar-refractivity contribution < 1.29 is 48.0 Å². The number of benzene rings is 3. The van der Waals surface area contributed by atoms with Crippen LogP contribution in [0.3, 0.4) is 0 Å². The van der Waals surface area contributed by atoms with Crippen LogP contribution < -0.4 is 14.9 Å². The lowest BCUT2D eigenvalue weighted by atomic mass is 9.50. The number of nitrogens with zero attached hydrogens (tertiary/aromatic N) is 2. The van der Waals surface area contributed by atoms with Crippen LogP contribution in [0.5, 0.6) is 17.2 Å². The van der Waals surface area contributed by atoms with Gasteiger partial charge in [0.1, 0.15) is 5.82 Å². The van der Waals surface area contributed by atoms with Gasteiger partial charge >= 0.3 is 5.97 Å². The van der Waals surface area contributed by atoms with Crippen LogP contribution >= 0.6 is 11.6 Å². The molecule has 3 aromatic rings. The van der Waals surface area contributed by atoms with Gasteiger partial charge in [-0.2, -0.15) is 5.01 Å². The van der Waals surface area contributed by atoms with E-state index in [1.165, 1.54) is 38.5 Å².